The predicted octanol–water partition coefficient (Wildman–Crippen LogP) is 3.68. The molecular formula is C21H23N3O2S. The van der Waals surface area contributed by atoms with E-state index in [1.54, 1.807) is 7.11 Å². The van der Waals surface area contributed by atoms with Crippen molar-refractivity contribution >= 4 is 33.9 Å². The topological polar surface area (TPSA) is 66.2 Å². The highest BCUT2D eigenvalue weighted by Gasteiger charge is 2.06. The average Bonchev–Trinajstić information content (AvgIpc) is 2.64. The molecule has 0 radical (unpaired) electrons. The highest BCUT2D eigenvalue weighted by atomic mass is 32.1. The molecule has 3 aromatic rings. The van der Waals surface area contributed by atoms with Gasteiger partial charge in [-0.3, -0.25) is 4.79 Å². The minimum atomic E-state index is -0.0918. The zero-order valence-electron chi connectivity index (χ0n) is 15.7. The van der Waals surface area contributed by atoms with Gasteiger partial charge in [0.2, 0.25) is 0 Å². The Bertz CT molecular complexity index is 1040. The van der Waals surface area contributed by atoms with Crippen LogP contribution in [0.3, 0.4) is 0 Å². The number of benzene rings is 2. The third-order valence-corrected chi connectivity index (χ3v) is 4.69. The largest absolute Gasteiger partial charge is 0.497 e. The van der Waals surface area contributed by atoms with Crippen molar-refractivity contribution in [2.45, 2.75) is 20.3 Å². The molecule has 0 saturated carbocycles. The molecule has 0 unspecified atom stereocenters. The van der Waals surface area contributed by atoms with Crippen LogP contribution in [0.5, 0.6) is 5.75 Å². The zero-order chi connectivity index (χ0) is 19.4. The summed E-state index contributed by atoms with van der Waals surface area (Å²) in [4.78, 5) is 15.2. The average molecular weight is 382 g/mol. The van der Waals surface area contributed by atoms with Crippen molar-refractivity contribution in [3.05, 3.63) is 69.5 Å². The smallest absolute Gasteiger partial charge is 0.251 e. The first kappa shape index (κ1) is 18.9. The number of pyridine rings is 1. The summed E-state index contributed by atoms with van der Waals surface area (Å²) in [5, 5.41) is 7.88. The molecule has 0 aliphatic carbocycles. The molecule has 0 atom stereocenters. The molecule has 0 aliphatic heterocycles. The Hall–Kier alpha value is -2.86. The fraction of sp³-hybridized carbons (Fsp3) is 0.238. The molecule has 2 aromatic carbocycles. The minimum Gasteiger partial charge on any atom is -0.497 e. The molecule has 0 aliphatic rings. The first-order valence-corrected chi connectivity index (χ1v) is 9.19. The number of aryl methyl sites for hydroxylation is 2. The summed E-state index contributed by atoms with van der Waals surface area (Å²) in [5.74, 6) is 0.718. The number of methoxy groups -OCH3 is 1. The second kappa shape index (κ2) is 8.22. The van der Waals surface area contributed by atoms with E-state index >= 15 is 0 Å². The van der Waals surface area contributed by atoms with Crippen LogP contribution in [-0.2, 0) is 6.42 Å². The van der Waals surface area contributed by atoms with Crippen molar-refractivity contribution in [3.8, 4) is 5.75 Å². The quantitative estimate of drug-likeness (QED) is 0.589. The van der Waals surface area contributed by atoms with Gasteiger partial charge in [-0.15, -0.1) is 0 Å². The number of H-pyrrole nitrogens is 1. The molecule has 0 fully saturated rings. The minimum absolute atomic E-state index is 0.0918. The summed E-state index contributed by atoms with van der Waals surface area (Å²) < 4.78 is 5.19. The van der Waals surface area contributed by atoms with Gasteiger partial charge in [0.15, 0.2) is 5.11 Å². The Morgan fingerprint density at radius 1 is 1.15 bits per heavy atom. The second-order valence-electron chi connectivity index (χ2n) is 6.53. The molecule has 140 valence electrons. The maximum Gasteiger partial charge on any atom is 0.251 e. The molecule has 0 bridgehead atoms. The van der Waals surface area contributed by atoms with Gasteiger partial charge in [0.25, 0.3) is 5.56 Å². The molecule has 5 nitrogen and oxygen atoms in total. The number of hydrogen-bond acceptors (Lipinski definition) is 3. The van der Waals surface area contributed by atoms with Crippen LogP contribution >= 0.6 is 12.2 Å². The maximum atomic E-state index is 12.3. The summed E-state index contributed by atoms with van der Waals surface area (Å²) in [6, 6.07) is 13.7. The SMILES string of the molecule is COc1ccc2cc(CCNC(=S)Nc3ccc(C)cc3C)c(=O)[nH]c2c1. The standard InChI is InChI=1S/C21H23N3O2S/c1-13-4-7-18(14(2)10-13)24-21(27)22-9-8-16-11-15-5-6-17(26-3)12-19(15)23-20(16)25/h4-7,10-12H,8-9H2,1-3H3,(H,23,25)(H2,22,24,27). The Morgan fingerprint density at radius 3 is 2.70 bits per heavy atom. The van der Waals surface area contributed by atoms with Crippen molar-refractivity contribution in [3.63, 3.8) is 0 Å². The summed E-state index contributed by atoms with van der Waals surface area (Å²) in [5.41, 5.74) is 4.73. The van der Waals surface area contributed by atoms with Crippen molar-refractivity contribution in [2.75, 3.05) is 19.0 Å². The van der Waals surface area contributed by atoms with Gasteiger partial charge in [0, 0.05) is 23.9 Å². The molecule has 27 heavy (non-hydrogen) atoms. The molecule has 1 aromatic heterocycles. The predicted molar refractivity (Wildman–Crippen MR) is 115 cm³/mol. The van der Waals surface area contributed by atoms with Gasteiger partial charge in [0.05, 0.1) is 12.6 Å². The zero-order valence-corrected chi connectivity index (χ0v) is 16.5. The fourth-order valence-corrected chi connectivity index (χ4v) is 3.18. The number of thiocarbonyl (C=S) groups is 1. The van der Waals surface area contributed by atoms with Crippen LogP contribution in [0.15, 0.2) is 47.3 Å². The summed E-state index contributed by atoms with van der Waals surface area (Å²) >= 11 is 5.36. The molecule has 6 heteroatoms. The van der Waals surface area contributed by atoms with Gasteiger partial charge in [-0.05, 0) is 67.7 Å². The van der Waals surface area contributed by atoms with Crippen molar-refractivity contribution < 1.29 is 4.74 Å². The van der Waals surface area contributed by atoms with Gasteiger partial charge in [-0.1, -0.05) is 17.7 Å². The van der Waals surface area contributed by atoms with Gasteiger partial charge >= 0.3 is 0 Å². The van der Waals surface area contributed by atoms with Crippen LogP contribution < -0.4 is 20.9 Å². The number of nitrogens with one attached hydrogen (secondary N) is 3. The Morgan fingerprint density at radius 2 is 1.96 bits per heavy atom. The Kier molecular flexibility index (Phi) is 5.76. The number of fused-ring (bicyclic) bond motifs is 1. The summed E-state index contributed by atoms with van der Waals surface area (Å²) in [6.07, 6.45) is 0.575. The van der Waals surface area contributed by atoms with E-state index in [2.05, 4.69) is 28.6 Å². The van der Waals surface area contributed by atoms with Gasteiger partial charge in [-0.25, -0.2) is 0 Å². The monoisotopic (exact) mass is 381 g/mol. The van der Waals surface area contributed by atoms with Crippen LogP contribution in [0.2, 0.25) is 0 Å². The Balaban J connectivity index is 1.62. The van der Waals surface area contributed by atoms with Crippen molar-refractivity contribution in [1.29, 1.82) is 0 Å². The first-order chi connectivity index (χ1) is 13.0. The third kappa shape index (κ3) is 4.65. The van der Waals surface area contributed by atoms with E-state index in [1.807, 2.05) is 43.3 Å². The lowest BCUT2D eigenvalue weighted by Crippen LogP contribution is -2.31. The fourth-order valence-electron chi connectivity index (χ4n) is 2.97. The van der Waals surface area contributed by atoms with Gasteiger partial charge < -0.3 is 20.4 Å². The van der Waals surface area contributed by atoms with Crippen LogP contribution in [0.1, 0.15) is 16.7 Å². The molecule has 3 rings (SSSR count). The molecule has 0 spiro atoms. The van der Waals surface area contributed by atoms with Crippen molar-refractivity contribution in [1.82, 2.24) is 10.3 Å². The lowest BCUT2D eigenvalue weighted by atomic mass is 10.1. The second-order valence-corrected chi connectivity index (χ2v) is 6.93. The molecule has 0 saturated heterocycles. The van der Waals surface area contributed by atoms with Crippen LogP contribution in [0.25, 0.3) is 10.9 Å². The van der Waals surface area contributed by atoms with Gasteiger partial charge in [-0.2, -0.15) is 0 Å². The van der Waals surface area contributed by atoms with E-state index in [1.165, 1.54) is 5.56 Å². The molecule has 3 N–H and O–H groups in total. The first-order valence-electron chi connectivity index (χ1n) is 8.78. The normalized spacial score (nSPS) is 10.6. The highest BCUT2D eigenvalue weighted by molar-refractivity contribution is 7.80. The van der Waals surface area contributed by atoms with E-state index in [0.29, 0.717) is 18.1 Å². The number of anilines is 1. The Labute approximate surface area is 163 Å². The molecular weight excluding hydrogens is 358 g/mol. The molecule has 0 amide bonds. The maximum absolute atomic E-state index is 12.3. The van der Waals surface area contributed by atoms with E-state index in [9.17, 15) is 4.79 Å². The summed E-state index contributed by atoms with van der Waals surface area (Å²) in [7, 11) is 1.61. The number of aromatic nitrogens is 1. The lowest BCUT2D eigenvalue weighted by molar-refractivity contribution is 0.415. The number of ether oxygens (including phenoxy) is 1. The number of aromatic amines is 1. The number of hydrogen-bond donors (Lipinski definition) is 3. The van der Waals surface area contributed by atoms with Crippen LogP contribution in [-0.4, -0.2) is 23.8 Å². The molecule has 1 heterocycles. The van der Waals surface area contributed by atoms with Gasteiger partial charge in [0.1, 0.15) is 5.75 Å². The van der Waals surface area contributed by atoms with E-state index in [4.69, 9.17) is 17.0 Å². The summed E-state index contributed by atoms with van der Waals surface area (Å²) in [6.45, 7) is 4.67. The van der Waals surface area contributed by atoms with E-state index < -0.39 is 0 Å². The lowest BCUT2D eigenvalue weighted by Gasteiger charge is -2.13. The van der Waals surface area contributed by atoms with Crippen LogP contribution in [0.4, 0.5) is 5.69 Å². The van der Waals surface area contributed by atoms with Crippen LogP contribution in [0, 0.1) is 13.8 Å². The third-order valence-electron chi connectivity index (χ3n) is 4.44. The number of rotatable bonds is 5. The van der Waals surface area contributed by atoms with E-state index in [-0.39, 0.29) is 5.56 Å². The van der Waals surface area contributed by atoms with Crippen molar-refractivity contribution in [2.24, 2.45) is 0 Å². The van der Waals surface area contributed by atoms with E-state index in [0.717, 1.165) is 33.5 Å². The highest BCUT2D eigenvalue weighted by Crippen LogP contribution is 2.18.